The largest absolute Gasteiger partial charge is 0.426 e. The molecule has 66 valence electrons. The zero-order chi connectivity index (χ0) is 9.26. The fourth-order valence-electron chi connectivity index (χ4n) is 1.38. The zero-order valence-corrected chi connectivity index (χ0v) is 6.90. The fourth-order valence-corrected chi connectivity index (χ4v) is 1.38. The Balaban J connectivity index is 2.38. The highest BCUT2D eigenvalue weighted by Crippen LogP contribution is 2.26. The third-order valence-corrected chi connectivity index (χ3v) is 2.09. The summed E-state index contributed by atoms with van der Waals surface area (Å²) in [5.74, 6) is -0.505. The first-order chi connectivity index (χ1) is 6.31. The summed E-state index contributed by atoms with van der Waals surface area (Å²) in [7, 11) is 0. The van der Waals surface area contributed by atoms with Gasteiger partial charge in [-0.25, -0.2) is 0 Å². The van der Waals surface area contributed by atoms with Gasteiger partial charge < -0.3 is 9.53 Å². The second-order valence-electron chi connectivity index (χ2n) is 2.98. The molecule has 0 aliphatic carbocycles. The number of aldehydes is 1. The molecule has 0 fully saturated rings. The Morgan fingerprint density at radius 1 is 1.38 bits per heavy atom. The molecule has 13 heavy (non-hydrogen) atoms. The maximum atomic E-state index is 11.1. The number of rotatable bonds is 1. The van der Waals surface area contributed by atoms with Crippen LogP contribution >= 0.6 is 0 Å². The van der Waals surface area contributed by atoms with Crippen LogP contribution in [0.4, 0.5) is 0 Å². The van der Waals surface area contributed by atoms with Crippen molar-refractivity contribution >= 4 is 12.3 Å². The van der Waals surface area contributed by atoms with Crippen molar-refractivity contribution in [2.24, 2.45) is 5.92 Å². The number of hydrogen-bond donors (Lipinski definition) is 0. The highest BCUT2D eigenvalue weighted by Gasteiger charge is 2.27. The summed E-state index contributed by atoms with van der Waals surface area (Å²) in [6.45, 7) is 0. The lowest BCUT2D eigenvalue weighted by molar-refractivity contribution is -0.142. The molecule has 0 amide bonds. The number of carbonyl (C=O) groups excluding carboxylic acids is 2. The molecule has 0 N–H and O–H groups in total. The number of para-hydroxylation sites is 1. The van der Waals surface area contributed by atoms with Gasteiger partial charge in [0.15, 0.2) is 0 Å². The molecule has 0 saturated heterocycles. The van der Waals surface area contributed by atoms with Gasteiger partial charge in [0.05, 0.1) is 0 Å². The maximum absolute atomic E-state index is 11.1. The first kappa shape index (κ1) is 7.98. The summed E-state index contributed by atoms with van der Waals surface area (Å²) in [4.78, 5) is 21.6. The van der Waals surface area contributed by atoms with Gasteiger partial charge in [0.2, 0.25) is 0 Å². The van der Waals surface area contributed by atoms with E-state index in [-0.39, 0.29) is 0 Å². The van der Waals surface area contributed by atoms with Gasteiger partial charge in [-0.2, -0.15) is 0 Å². The monoisotopic (exact) mass is 176 g/mol. The number of benzene rings is 1. The quantitative estimate of drug-likeness (QED) is 0.277. The predicted octanol–water partition coefficient (Wildman–Crippen LogP) is 0.963. The van der Waals surface area contributed by atoms with E-state index in [2.05, 4.69) is 0 Å². The van der Waals surface area contributed by atoms with E-state index in [4.69, 9.17) is 4.74 Å². The van der Waals surface area contributed by atoms with Gasteiger partial charge in [0.25, 0.3) is 0 Å². The highest BCUT2D eigenvalue weighted by molar-refractivity contribution is 5.91. The molecule has 0 aromatic heterocycles. The van der Waals surface area contributed by atoms with E-state index in [1.54, 1.807) is 12.1 Å². The summed E-state index contributed by atoms with van der Waals surface area (Å²) in [6, 6.07) is 7.25. The van der Waals surface area contributed by atoms with E-state index < -0.39 is 11.9 Å². The molecule has 1 unspecified atom stereocenters. The number of ether oxygens (including phenoxy) is 1. The molecule has 3 nitrogen and oxygen atoms in total. The van der Waals surface area contributed by atoms with Crippen LogP contribution in [0.1, 0.15) is 5.56 Å². The number of fused-ring (bicyclic) bond motifs is 1. The Kier molecular flexibility index (Phi) is 1.85. The predicted molar refractivity (Wildman–Crippen MR) is 45.3 cm³/mol. The van der Waals surface area contributed by atoms with Crippen LogP contribution in [0.5, 0.6) is 5.75 Å². The molecule has 1 aliphatic heterocycles. The van der Waals surface area contributed by atoms with Crippen molar-refractivity contribution in [3.63, 3.8) is 0 Å². The normalized spacial score (nSPS) is 20.3. The van der Waals surface area contributed by atoms with Crippen molar-refractivity contribution in [2.45, 2.75) is 6.42 Å². The Bertz CT molecular complexity index is 357. The molecule has 0 spiro atoms. The molecule has 1 atom stereocenters. The van der Waals surface area contributed by atoms with Crippen LogP contribution in [-0.4, -0.2) is 12.3 Å². The third kappa shape index (κ3) is 1.33. The van der Waals surface area contributed by atoms with Crippen molar-refractivity contribution < 1.29 is 14.3 Å². The van der Waals surface area contributed by atoms with Crippen LogP contribution in [0.15, 0.2) is 24.3 Å². The Morgan fingerprint density at radius 2 is 2.15 bits per heavy atom. The van der Waals surface area contributed by atoms with Crippen molar-refractivity contribution in [1.82, 2.24) is 0 Å². The maximum Gasteiger partial charge on any atom is 0.321 e. The molecule has 3 heteroatoms. The van der Waals surface area contributed by atoms with Crippen LogP contribution < -0.4 is 4.74 Å². The van der Waals surface area contributed by atoms with E-state index in [1.165, 1.54) is 0 Å². The minimum absolute atomic E-state index is 0.450. The average Bonchev–Trinajstić information content (AvgIpc) is 2.17. The Hall–Kier alpha value is -1.64. The van der Waals surface area contributed by atoms with Gasteiger partial charge in [-0.05, 0) is 18.1 Å². The Labute approximate surface area is 75.3 Å². The van der Waals surface area contributed by atoms with Gasteiger partial charge >= 0.3 is 5.97 Å². The molecular weight excluding hydrogens is 168 g/mol. The summed E-state index contributed by atoms with van der Waals surface area (Å²) < 4.78 is 4.97. The second-order valence-corrected chi connectivity index (χ2v) is 2.98. The minimum Gasteiger partial charge on any atom is -0.426 e. The van der Waals surface area contributed by atoms with Crippen molar-refractivity contribution in [2.75, 3.05) is 0 Å². The second kappa shape index (κ2) is 3.01. The molecule has 1 aliphatic rings. The summed E-state index contributed by atoms with van der Waals surface area (Å²) in [5, 5.41) is 0. The van der Waals surface area contributed by atoms with Gasteiger partial charge in [0, 0.05) is 0 Å². The molecule has 1 heterocycles. The molecule has 0 bridgehead atoms. The van der Waals surface area contributed by atoms with Crippen LogP contribution in [-0.2, 0) is 16.0 Å². The zero-order valence-electron chi connectivity index (χ0n) is 6.90. The lowest BCUT2D eigenvalue weighted by Gasteiger charge is -2.18. The number of carbonyl (C=O) groups is 2. The standard InChI is InChI=1S/C10H8O3/c11-6-8-5-7-3-1-2-4-9(7)13-10(8)12/h1-4,6,8H,5H2. The van der Waals surface area contributed by atoms with Crippen LogP contribution in [0.2, 0.25) is 0 Å². The van der Waals surface area contributed by atoms with Gasteiger partial charge in [0.1, 0.15) is 18.0 Å². The van der Waals surface area contributed by atoms with Crippen molar-refractivity contribution in [3.05, 3.63) is 29.8 Å². The number of esters is 1. The van der Waals surface area contributed by atoms with Gasteiger partial charge in [-0.15, -0.1) is 0 Å². The topological polar surface area (TPSA) is 43.4 Å². The minimum atomic E-state index is -0.630. The summed E-state index contributed by atoms with van der Waals surface area (Å²) in [6.07, 6.45) is 1.09. The van der Waals surface area contributed by atoms with E-state index in [0.29, 0.717) is 18.5 Å². The third-order valence-electron chi connectivity index (χ3n) is 2.09. The lowest BCUT2D eigenvalue weighted by atomic mass is 9.97. The molecular formula is C10H8O3. The van der Waals surface area contributed by atoms with Crippen molar-refractivity contribution in [3.8, 4) is 5.75 Å². The summed E-state index contributed by atoms with van der Waals surface area (Å²) in [5.41, 5.74) is 0.916. The Morgan fingerprint density at radius 3 is 2.92 bits per heavy atom. The molecule has 2 rings (SSSR count). The van der Waals surface area contributed by atoms with E-state index in [1.807, 2.05) is 12.1 Å². The van der Waals surface area contributed by atoms with Crippen LogP contribution in [0.3, 0.4) is 0 Å². The van der Waals surface area contributed by atoms with Crippen LogP contribution in [0.25, 0.3) is 0 Å². The first-order valence-electron chi connectivity index (χ1n) is 4.06. The summed E-state index contributed by atoms with van der Waals surface area (Å²) >= 11 is 0. The average molecular weight is 176 g/mol. The van der Waals surface area contributed by atoms with E-state index >= 15 is 0 Å². The highest BCUT2D eigenvalue weighted by atomic mass is 16.5. The van der Waals surface area contributed by atoms with Crippen LogP contribution in [0, 0.1) is 5.92 Å². The van der Waals surface area contributed by atoms with Gasteiger partial charge in [-0.3, -0.25) is 4.79 Å². The smallest absolute Gasteiger partial charge is 0.321 e. The molecule has 1 aromatic rings. The van der Waals surface area contributed by atoms with E-state index in [9.17, 15) is 9.59 Å². The van der Waals surface area contributed by atoms with E-state index in [0.717, 1.165) is 5.56 Å². The SMILES string of the molecule is O=CC1Cc2ccccc2OC1=O. The first-order valence-corrected chi connectivity index (χ1v) is 4.06. The molecule has 0 saturated carbocycles. The molecule has 1 aromatic carbocycles. The number of hydrogen-bond acceptors (Lipinski definition) is 3. The molecule has 0 radical (unpaired) electrons. The lowest BCUT2D eigenvalue weighted by Crippen LogP contribution is -2.28. The fraction of sp³-hybridized carbons (Fsp3) is 0.200. The van der Waals surface area contributed by atoms with Gasteiger partial charge in [-0.1, -0.05) is 18.2 Å². The van der Waals surface area contributed by atoms with Crippen molar-refractivity contribution in [1.29, 1.82) is 0 Å².